The Bertz CT molecular complexity index is 1180. The molecule has 158 valence electrons. The predicted molar refractivity (Wildman–Crippen MR) is 118 cm³/mol. The van der Waals surface area contributed by atoms with E-state index >= 15 is 0 Å². The lowest BCUT2D eigenvalue weighted by molar-refractivity contribution is -0.119. The van der Waals surface area contributed by atoms with Crippen LogP contribution in [-0.2, 0) is 22.4 Å². The number of rotatable bonds is 5. The highest BCUT2D eigenvalue weighted by atomic mass is 32.1. The Morgan fingerprint density at radius 2 is 1.97 bits per heavy atom. The van der Waals surface area contributed by atoms with Crippen molar-refractivity contribution in [3.8, 4) is 11.8 Å². The maximum atomic E-state index is 12.3. The Kier molecular flexibility index (Phi) is 5.87. The van der Waals surface area contributed by atoms with Crippen molar-refractivity contribution in [3.05, 3.63) is 63.3 Å². The largest absolute Gasteiger partial charge is 0.452 e. The molecule has 1 aromatic carbocycles. The van der Waals surface area contributed by atoms with Gasteiger partial charge in [0.15, 0.2) is 6.61 Å². The molecule has 1 aliphatic carbocycles. The number of benzene rings is 1. The molecule has 2 aromatic heterocycles. The lowest BCUT2D eigenvalue weighted by Crippen LogP contribution is -2.21. The van der Waals surface area contributed by atoms with Crippen molar-refractivity contribution in [2.24, 2.45) is 0 Å². The van der Waals surface area contributed by atoms with Crippen molar-refractivity contribution in [2.75, 3.05) is 11.9 Å². The van der Waals surface area contributed by atoms with Gasteiger partial charge >= 0.3 is 5.97 Å². The van der Waals surface area contributed by atoms with E-state index in [1.165, 1.54) is 11.3 Å². The molecule has 0 radical (unpaired) electrons. The first kappa shape index (κ1) is 20.8. The number of carbonyl (C=O) groups is 2. The van der Waals surface area contributed by atoms with Gasteiger partial charge in [-0.05, 0) is 75.4 Å². The van der Waals surface area contributed by atoms with Gasteiger partial charge in [0.2, 0.25) is 0 Å². The summed E-state index contributed by atoms with van der Waals surface area (Å²) in [6.07, 6.45) is 3.96. The third-order valence-corrected chi connectivity index (χ3v) is 6.43. The molecule has 0 atom stereocenters. The molecule has 1 N–H and O–H groups in total. The molecule has 0 spiro atoms. The Labute approximate surface area is 184 Å². The van der Waals surface area contributed by atoms with Crippen LogP contribution in [0.5, 0.6) is 0 Å². The number of amides is 1. The van der Waals surface area contributed by atoms with E-state index in [2.05, 4.69) is 16.5 Å². The number of aromatic nitrogens is 2. The summed E-state index contributed by atoms with van der Waals surface area (Å²) in [5.41, 5.74) is 4.69. The number of fused-ring (bicyclic) bond motifs is 1. The molecule has 8 heteroatoms. The standard InChI is InChI=1S/C23H22N4O3S/c1-14-11-15(2)27(26-14)17-9-7-16(8-10-17)23(29)30-13-21(28)25-22-19(12-24)18-5-3-4-6-20(18)31-22/h7-11H,3-6,13H2,1-2H3,(H,25,28). The van der Waals surface area contributed by atoms with Crippen LogP contribution in [0.3, 0.4) is 0 Å². The van der Waals surface area contributed by atoms with Crippen molar-refractivity contribution in [2.45, 2.75) is 39.5 Å². The molecule has 31 heavy (non-hydrogen) atoms. The normalized spacial score (nSPS) is 12.7. The Morgan fingerprint density at radius 3 is 2.65 bits per heavy atom. The fourth-order valence-corrected chi connectivity index (χ4v) is 5.03. The predicted octanol–water partition coefficient (Wildman–Crippen LogP) is 4.10. The summed E-state index contributed by atoms with van der Waals surface area (Å²) in [7, 11) is 0. The second kappa shape index (κ2) is 8.74. The van der Waals surface area contributed by atoms with E-state index in [0.29, 0.717) is 16.1 Å². The van der Waals surface area contributed by atoms with Gasteiger partial charge in [0.25, 0.3) is 5.91 Å². The van der Waals surface area contributed by atoms with Crippen molar-refractivity contribution in [3.63, 3.8) is 0 Å². The van der Waals surface area contributed by atoms with Crippen LogP contribution in [0.15, 0.2) is 30.3 Å². The second-order valence-electron chi connectivity index (χ2n) is 7.54. The van der Waals surface area contributed by atoms with E-state index in [4.69, 9.17) is 4.74 Å². The molecule has 0 bridgehead atoms. The molecule has 0 aliphatic heterocycles. The van der Waals surface area contributed by atoms with Crippen molar-refractivity contribution in [1.82, 2.24) is 9.78 Å². The number of hydrogen-bond acceptors (Lipinski definition) is 6. The number of ether oxygens (including phenoxy) is 1. The van der Waals surface area contributed by atoms with Crippen molar-refractivity contribution >= 4 is 28.2 Å². The highest BCUT2D eigenvalue weighted by Gasteiger charge is 2.22. The minimum atomic E-state index is -0.582. The van der Waals surface area contributed by atoms with Gasteiger partial charge in [-0.2, -0.15) is 10.4 Å². The highest BCUT2D eigenvalue weighted by Crippen LogP contribution is 2.37. The number of nitrogens with one attached hydrogen (secondary N) is 1. The van der Waals surface area contributed by atoms with Gasteiger partial charge in [-0.25, -0.2) is 9.48 Å². The molecule has 0 saturated carbocycles. The van der Waals surface area contributed by atoms with Crippen LogP contribution in [0.25, 0.3) is 5.69 Å². The lowest BCUT2D eigenvalue weighted by Gasteiger charge is -2.09. The van der Waals surface area contributed by atoms with Gasteiger partial charge in [0.1, 0.15) is 11.1 Å². The molecule has 1 aliphatic rings. The van der Waals surface area contributed by atoms with Crippen LogP contribution in [-0.4, -0.2) is 28.3 Å². The van der Waals surface area contributed by atoms with Crippen LogP contribution in [0.2, 0.25) is 0 Å². The first-order valence-electron chi connectivity index (χ1n) is 10.1. The van der Waals surface area contributed by atoms with E-state index in [-0.39, 0.29) is 0 Å². The zero-order valence-electron chi connectivity index (χ0n) is 17.4. The topological polar surface area (TPSA) is 97.0 Å². The SMILES string of the molecule is Cc1cc(C)n(-c2ccc(C(=O)OCC(=O)Nc3sc4c(c3C#N)CCCC4)cc2)n1. The summed E-state index contributed by atoms with van der Waals surface area (Å²) in [4.78, 5) is 25.8. The number of esters is 1. The summed E-state index contributed by atoms with van der Waals surface area (Å²) < 4.78 is 6.96. The van der Waals surface area contributed by atoms with E-state index in [9.17, 15) is 14.9 Å². The third kappa shape index (κ3) is 4.37. The zero-order chi connectivity index (χ0) is 22.0. The minimum Gasteiger partial charge on any atom is -0.452 e. The van der Waals surface area contributed by atoms with Gasteiger partial charge in [-0.15, -0.1) is 11.3 Å². The number of aryl methyl sites for hydroxylation is 3. The van der Waals surface area contributed by atoms with Crippen molar-refractivity contribution in [1.29, 1.82) is 5.26 Å². The number of hydrogen-bond donors (Lipinski definition) is 1. The summed E-state index contributed by atoms with van der Waals surface area (Å²) in [5, 5.41) is 17.2. The summed E-state index contributed by atoms with van der Waals surface area (Å²) in [6.45, 7) is 3.47. The van der Waals surface area contributed by atoms with E-state index < -0.39 is 18.5 Å². The van der Waals surface area contributed by atoms with Crippen LogP contribution in [0.4, 0.5) is 5.00 Å². The number of nitriles is 1. The average Bonchev–Trinajstić information content (AvgIpc) is 3.30. The van der Waals surface area contributed by atoms with Gasteiger partial charge in [-0.1, -0.05) is 0 Å². The Morgan fingerprint density at radius 1 is 1.23 bits per heavy atom. The molecule has 0 fully saturated rings. The smallest absolute Gasteiger partial charge is 0.338 e. The number of thiophene rings is 1. The third-order valence-electron chi connectivity index (χ3n) is 5.23. The molecule has 2 heterocycles. The highest BCUT2D eigenvalue weighted by molar-refractivity contribution is 7.16. The Hall–Kier alpha value is -3.44. The summed E-state index contributed by atoms with van der Waals surface area (Å²) in [5.74, 6) is -1.04. The maximum absolute atomic E-state index is 12.3. The van der Waals surface area contributed by atoms with E-state index in [0.717, 1.165) is 53.2 Å². The maximum Gasteiger partial charge on any atom is 0.338 e. The quantitative estimate of drug-likeness (QED) is 0.610. The molecule has 4 rings (SSSR count). The number of carbonyl (C=O) groups excluding carboxylic acids is 2. The summed E-state index contributed by atoms with van der Waals surface area (Å²) >= 11 is 1.44. The summed E-state index contributed by atoms with van der Waals surface area (Å²) in [6, 6.07) is 11.0. The minimum absolute atomic E-state index is 0.349. The number of anilines is 1. The first-order chi connectivity index (χ1) is 15.0. The fourth-order valence-electron chi connectivity index (χ4n) is 3.78. The zero-order valence-corrected chi connectivity index (χ0v) is 18.2. The lowest BCUT2D eigenvalue weighted by atomic mass is 9.96. The second-order valence-corrected chi connectivity index (χ2v) is 8.64. The van der Waals surface area contributed by atoms with E-state index in [1.54, 1.807) is 28.9 Å². The van der Waals surface area contributed by atoms with Gasteiger partial charge in [-0.3, -0.25) is 4.79 Å². The molecule has 0 saturated heterocycles. The fraction of sp³-hybridized carbons (Fsp3) is 0.304. The van der Waals surface area contributed by atoms with Crippen LogP contribution < -0.4 is 5.32 Å². The van der Waals surface area contributed by atoms with Gasteiger partial charge in [0.05, 0.1) is 22.5 Å². The van der Waals surface area contributed by atoms with Crippen LogP contribution in [0.1, 0.15) is 50.6 Å². The monoisotopic (exact) mass is 434 g/mol. The van der Waals surface area contributed by atoms with E-state index in [1.807, 2.05) is 19.9 Å². The Balaban J connectivity index is 1.37. The molecule has 3 aromatic rings. The number of nitrogens with zero attached hydrogens (tertiary/aromatic N) is 3. The van der Waals surface area contributed by atoms with Gasteiger partial charge < -0.3 is 10.1 Å². The molecule has 0 unspecified atom stereocenters. The molecule has 7 nitrogen and oxygen atoms in total. The molecule has 1 amide bonds. The average molecular weight is 435 g/mol. The molecular weight excluding hydrogens is 412 g/mol. The van der Waals surface area contributed by atoms with Crippen LogP contribution >= 0.6 is 11.3 Å². The molecular formula is C23H22N4O3S. The van der Waals surface area contributed by atoms with Gasteiger partial charge in [0, 0.05) is 10.6 Å². The van der Waals surface area contributed by atoms with Crippen LogP contribution in [0, 0.1) is 25.2 Å². The van der Waals surface area contributed by atoms with Crippen molar-refractivity contribution < 1.29 is 14.3 Å². The first-order valence-corrected chi connectivity index (χ1v) is 10.9.